The number of para-hydroxylation sites is 2. The number of carbonyl (C=O) groups excluding carboxylic acids is 1. The molecule has 1 N–H and O–H groups in total. The van der Waals surface area contributed by atoms with Crippen LogP contribution in [0.3, 0.4) is 0 Å². The van der Waals surface area contributed by atoms with Gasteiger partial charge in [0.2, 0.25) is 0 Å². The molecule has 5 heteroatoms. The zero-order valence-corrected chi connectivity index (χ0v) is 12.3. The average Bonchev–Trinajstić information content (AvgIpc) is 3.02. The number of nitrogens with one attached hydrogen (secondary N) is 1. The molecule has 1 aromatic heterocycles. The van der Waals surface area contributed by atoms with Gasteiger partial charge in [-0.3, -0.25) is 4.79 Å². The predicted molar refractivity (Wildman–Crippen MR) is 85.1 cm³/mol. The van der Waals surface area contributed by atoms with Crippen LogP contribution in [0.1, 0.15) is 23.3 Å². The molecule has 1 saturated heterocycles. The van der Waals surface area contributed by atoms with E-state index in [2.05, 4.69) is 15.2 Å². The van der Waals surface area contributed by atoms with E-state index in [-0.39, 0.29) is 5.91 Å². The molecule has 3 rings (SSSR count). The Hall–Kier alpha value is -2.07. The summed E-state index contributed by atoms with van der Waals surface area (Å²) in [5, 5.41) is 3.24. The van der Waals surface area contributed by atoms with Crippen LogP contribution in [0.15, 0.2) is 42.5 Å². The first-order valence-electron chi connectivity index (χ1n) is 7.02. The Morgan fingerprint density at radius 1 is 1.10 bits per heavy atom. The van der Waals surface area contributed by atoms with Crippen LogP contribution in [-0.2, 0) is 0 Å². The summed E-state index contributed by atoms with van der Waals surface area (Å²) < 4.78 is 0. The highest BCUT2D eigenvalue weighted by Gasteiger charge is 2.17. The summed E-state index contributed by atoms with van der Waals surface area (Å²) in [5.41, 5.74) is 2.19. The van der Waals surface area contributed by atoms with Gasteiger partial charge in [-0.2, -0.15) is 0 Å². The summed E-state index contributed by atoms with van der Waals surface area (Å²) in [5.74, 6) is -0.246. The zero-order valence-electron chi connectivity index (χ0n) is 11.6. The number of amides is 1. The number of pyridine rings is 1. The van der Waals surface area contributed by atoms with Crippen molar-refractivity contribution in [2.24, 2.45) is 0 Å². The lowest BCUT2D eigenvalue weighted by Gasteiger charge is -2.21. The molecule has 0 aliphatic carbocycles. The topological polar surface area (TPSA) is 45.2 Å². The molecule has 4 nitrogen and oxygen atoms in total. The normalized spacial score (nSPS) is 14.2. The molecule has 1 aliphatic heterocycles. The van der Waals surface area contributed by atoms with Gasteiger partial charge in [-0.15, -0.1) is 0 Å². The molecule has 0 saturated carbocycles. The molecule has 21 heavy (non-hydrogen) atoms. The number of nitrogens with zero attached hydrogens (tertiary/aromatic N) is 2. The van der Waals surface area contributed by atoms with E-state index in [0.717, 1.165) is 24.5 Å². The fourth-order valence-corrected chi connectivity index (χ4v) is 2.70. The Labute approximate surface area is 128 Å². The van der Waals surface area contributed by atoms with Crippen LogP contribution in [0.25, 0.3) is 0 Å². The lowest BCUT2D eigenvalue weighted by Crippen LogP contribution is -2.21. The van der Waals surface area contributed by atoms with E-state index < -0.39 is 0 Å². The molecule has 1 aliphatic rings. The quantitative estimate of drug-likeness (QED) is 0.881. The van der Waals surface area contributed by atoms with Crippen molar-refractivity contribution >= 4 is 28.9 Å². The smallest absolute Gasteiger partial charge is 0.274 e. The predicted octanol–water partition coefficient (Wildman–Crippen LogP) is 3.59. The third-order valence-electron chi connectivity index (χ3n) is 3.55. The van der Waals surface area contributed by atoms with Gasteiger partial charge in [0.15, 0.2) is 0 Å². The summed E-state index contributed by atoms with van der Waals surface area (Å²) in [7, 11) is 0. The zero-order chi connectivity index (χ0) is 14.7. The van der Waals surface area contributed by atoms with Crippen LogP contribution in [0.4, 0.5) is 11.4 Å². The van der Waals surface area contributed by atoms with Crippen molar-refractivity contribution in [2.45, 2.75) is 12.8 Å². The fourth-order valence-electron chi connectivity index (χ4n) is 2.53. The van der Waals surface area contributed by atoms with Gasteiger partial charge in [-0.1, -0.05) is 29.8 Å². The molecule has 2 aromatic rings. The number of hydrogen-bond donors (Lipinski definition) is 1. The average molecular weight is 302 g/mol. The highest BCUT2D eigenvalue weighted by Crippen LogP contribution is 2.28. The van der Waals surface area contributed by atoms with Crippen molar-refractivity contribution in [1.29, 1.82) is 0 Å². The minimum atomic E-state index is -0.246. The molecule has 1 aromatic carbocycles. The molecule has 0 radical (unpaired) electrons. The van der Waals surface area contributed by atoms with E-state index in [1.54, 1.807) is 18.2 Å². The van der Waals surface area contributed by atoms with Gasteiger partial charge in [-0.25, -0.2) is 4.98 Å². The molecule has 0 spiro atoms. The van der Waals surface area contributed by atoms with Crippen LogP contribution in [-0.4, -0.2) is 24.0 Å². The van der Waals surface area contributed by atoms with E-state index in [4.69, 9.17) is 11.6 Å². The lowest BCUT2D eigenvalue weighted by atomic mass is 10.2. The van der Waals surface area contributed by atoms with E-state index >= 15 is 0 Å². The van der Waals surface area contributed by atoms with Crippen LogP contribution < -0.4 is 10.2 Å². The van der Waals surface area contributed by atoms with Crippen molar-refractivity contribution in [1.82, 2.24) is 4.98 Å². The van der Waals surface area contributed by atoms with Gasteiger partial charge in [-0.05, 0) is 37.1 Å². The van der Waals surface area contributed by atoms with E-state index in [1.165, 1.54) is 12.8 Å². The highest BCUT2D eigenvalue weighted by molar-refractivity contribution is 6.29. The molecule has 1 fully saturated rings. The molecular formula is C16H16ClN3O. The first-order valence-corrected chi connectivity index (χ1v) is 7.40. The molecule has 1 amide bonds. The first kappa shape index (κ1) is 13.9. The first-order chi connectivity index (χ1) is 10.2. The Morgan fingerprint density at radius 2 is 1.86 bits per heavy atom. The third kappa shape index (κ3) is 3.16. The van der Waals surface area contributed by atoms with Crippen LogP contribution in [0.5, 0.6) is 0 Å². The van der Waals surface area contributed by atoms with Gasteiger partial charge in [0.25, 0.3) is 5.91 Å². The summed E-state index contributed by atoms with van der Waals surface area (Å²) in [6.07, 6.45) is 2.39. The highest BCUT2D eigenvalue weighted by atomic mass is 35.5. The van der Waals surface area contributed by atoms with Gasteiger partial charge < -0.3 is 10.2 Å². The number of benzene rings is 1. The number of halogens is 1. The Balaban J connectivity index is 1.83. The molecule has 0 atom stereocenters. The van der Waals surface area contributed by atoms with Gasteiger partial charge >= 0.3 is 0 Å². The van der Waals surface area contributed by atoms with Crippen LogP contribution >= 0.6 is 11.6 Å². The SMILES string of the molecule is O=C(Nc1ccccc1N1CCCC1)c1cccc(Cl)n1. The van der Waals surface area contributed by atoms with Crippen molar-refractivity contribution in [3.8, 4) is 0 Å². The maximum absolute atomic E-state index is 12.3. The molecular weight excluding hydrogens is 286 g/mol. The summed E-state index contributed by atoms with van der Waals surface area (Å²) in [6.45, 7) is 2.06. The van der Waals surface area contributed by atoms with Gasteiger partial charge in [0.1, 0.15) is 10.8 Å². The third-order valence-corrected chi connectivity index (χ3v) is 3.76. The van der Waals surface area contributed by atoms with Crippen LogP contribution in [0, 0.1) is 0 Å². The van der Waals surface area contributed by atoms with E-state index in [9.17, 15) is 4.79 Å². The van der Waals surface area contributed by atoms with Gasteiger partial charge in [0, 0.05) is 13.1 Å². The Kier molecular flexibility index (Phi) is 4.06. The molecule has 2 heterocycles. The summed E-state index contributed by atoms with van der Waals surface area (Å²) in [4.78, 5) is 18.6. The minimum Gasteiger partial charge on any atom is -0.370 e. The van der Waals surface area contributed by atoms with Crippen molar-refractivity contribution in [3.63, 3.8) is 0 Å². The lowest BCUT2D eigenvalue weighted by molar-refractivity contribution is 0.102. The number of aromatic nitrogens is 1. The second kappa shape index (κ2) is 6.14. The Bertz CT molecular complexity index is 653. The summed E-state index contributed by atoms with van der Waals surface area (Å²) >= 11 is 5.83. The molecule has 108 valence electrons. The van der Waals surface area contributed by atoms with E-state index in [1.807, 2.05) is 24.3 Å². The van der Waals surface area contributed by atoms with Gasteiger partial charge in [0.05, 0.1) is 11.4 Å². The fraction of sp³-hybridized carbons (Fsp3) is 0.250. The largest absolute Gasteiger partial charge is 0.370 e. The number of anilines is 2. The molecule has 0 bridgehead atoms. The minimum absolute atomic E-state index is 0.246. The second-order valence-corrected chi connectivity index (χ2v) is 5.40. The monoisotopic (exact) mass is 301 g/mol. The maximum atomic E-state index is 12.3. The molecule has 0 unspecified atom stereocenters. The van der Waals surface area contributed by atoms with E-state index in [0.29, 0.717) is 10.8 Å². The van der Waals surface area contributed by atoms with Crippen LogP contribution in [0.2, 0.25) is 5.15 Å². The second-order valence-electron chi connectivity index (χ2n) is 5.01. The summed E-state index contributed by atoms with van der Waals surface area (Å²) in [6, 6.07) is 12.9. The van der Waals surface area contributed by atoms with Crippen molar-refractivity contribution < 1.29 is 4.79 Å². The van der Waals surface area contributed by atoms with Crippen molar-refractivity contribution in [3.05, 3.63) is 53.3 Å². The number of carbonyl (C=O) groups is 1. The number of hydrogen-bond acceptors (Lipinski definition) is 3. The number of rotatable bonds is 3. The standard InChI is InChI=1S/C16H16ClN3O/c17-15-9-5-7-13(18-15)16(21)19-12-6-1-2-8-14(12)20-10-3-4-11-20/h1-2,5-9H,3-4,10-11H2,(H,19,21). The Morgan fingerprint density at radius 3 is 2.62 bits per heavy atom. The maximum Gasteiger partial charge on any atom is 0.274 e. The van der Waals surface area contributed by atoms with Crippen molar-refractivity contribution in [2.75, 3.05) is 23.3 Å².